The second-order valence-electron chi connectivity index (χ2n) is 6.73. The lowest BCUT2D eigenvalue weighted by Crippen LogP contribution is -2.45. The maximum absolute atomic E-state index is 13.3. The van der Waals surface area contributed by atoms with Crippen LogP contribution in [0.1, 0.15) is 13.8 Å². The molecule has 1 aliphatic rings. The van der Waals surface area contributed by atoms with Gasteiger partial charge in [-0.3, -0.25) is 0 Å². The van der Waals surface area contributed by atoms with Crippen LogP contribution in [0.3, 0.4) is 0 Å². The minimum Gasteiger partial charge on any atom is -0.418 e. The quantitative estimate of drug-likeness (QED) is 0.597. The van der Waals surface area contributed by atoms with Crippen molar-refractivity contribution in [3.05, 3.63) is 46.8 Å². The number of sulfone groups is 1. The predicted molar refractivity (Wildman–Crippen MR) is 109 cm³/mol. The van der Waals surface area contributed by atoms with Gasteiger partial charge in [-0.15, -0.1) is 11.3 Å². The molecule has 0 radical (unpaired) electrons. The Balaban J connectivity index is 1.84. The highest BCUT2D eigenvalue weighted by molar-refractivity contribution is 7.91. The van der Waals surface area contributed by atoms with Crippen LogP contribution in [0.15, 0.2) is 56.1 Å². The van der Waals surface area contributed by atoms with Gasteiger partial charge in [-0.25, -0.2) is 8.42 Å². The van der Waals surface area contributed by atoms with Crippen molar-refractivity contribution in [1.82, 2.24) is 4.98 Å². The highest BCUT2D eigenvalue weighted by Crippen LogP contribution is 2.37. The van der Waals surface area contributed by atoms with Crippen molar-refractivity contribution in [2.24, 2.45) is 0 Å². The van der Waals surface area contributed by atoms with Crippen LogP contribution in [-0.2, 0) is 14.6 Å². The molecule has 2 atom stereocenters. The lowest BCUT2D eigenvalue weighted by Gasteiger charge is -2.35. The minimum atomic E-state index is -3.88. The van der Waals surface area contributed by atoms with Crippen LogP contribution >= 0.6 is 22.9 Å². The van der Waals surface area contributed by atoms with E-state index in [1.165, 1.54) is 23.5 Å². The highest BCUT2D eigenvalue weighted by Gasteiger charge is 2.34. The van der Waals surface area contributed by atoms with E-state index in [-0.39, 0.29) is 28.0 Å². The molecule has 3 aromatic rings. The van der Waals surface area contributed by atoms with Crippen molar-refractivity contribution in [3.8, 4) is 10.8 Å². The molecule has 0 bridgehead atoms. The standard InChI is InChI=1S/C19H19ClN2O4S2/c1-12-10-22(11-13(2)25-12)19-18(21-17(26-19)16-4-3-9-27-16)28(23,24)15-7-5-14(20)6-8-15/h3-9,12-13H,10-11H2,1-2H3/t12-,13-/m0/s1. The van der Waals surface area contributed by atoms with Crippen LogP contribution in [-0.4, -0.2) is 38.7 Å². The number of hydrogen-bond acceptors (Lipinski definition) is 7. The smallest absolute Gasteiger partial charge is 0.240 e. The summed E-state index contributed by atoms with van der Waals surface area (Å²) < 4.78 is 38.4. The number of benzene rings is 1. The van der Waals surface area contributed by atoms with Crippen molar-refractivity contribution in [1.29, 1.82) is 0 Å². The normalized spacial score (nSPS) is 20.5. The van der Waals surface area contributed by atoms with Crippen LogP contribution in [0.4, 0.5) is 5.88 Å². The lowest BCUT2D eigenvalue weighted by molar-refractivity contribution is -0.00657. The topological polar surface area (TPSA) is 72.6 Å². The monoisotopic (exact) mass is 438 g/mol. The number of ether oxygens (including phenoxy) is 1. The molecule has 3 heterocycles. The van der Waals surface area contributed by atoms with Gasteiger partial charge in [0.05, 0.1) is 22.0 Å². The molecule has 1 fully saturated rings. The predicted octanol–water partition coefficient (Wildman–Crippen LogP) is 4.50. The molecule has 28 heavy (non-hydrogen) atoms. The van der Waals surface area contributed by atoms with E-state index in [1.54, 1.807) is 12.1 Å². The summed E-state index contributed by atoms with van der Waals surface area (Å²) in [6.45, 7) is 4.94. The molecule has 1 saturated heterocycles. The molecular formula is C19H19ClN2O4S2. The highest BCUT2D eigenvalue weighted by atomic mass is 35.5. The first-order chi connectivity index (χ1) is 13.3. The summed E-state index contributed by atoms with van der Waals surface area (Å²) >= 11 is 7.36. The number of halogens is 1. The Labute approximate surface area is 172 Å². The zero-order valence-corrected chi connectivity index (χ0v) is 17.7. The Morgan fingerprint density at radius 2 is 1.82 bits per heavy atom. The summed E-state index contributed by atoms with van der Waals surface area (Å²) in [7, 11) is -3.88. The van der Waals surface area contributed by atoms with Crippen LogP contribution in [0.2, 0.25) is 5.02 Å². The fourth-order valence-corrected chi connectivity index (χ4v) is 5.34. The molecule has 4 rings (SSSR count). The van der Waals surface area contributed by atoms with Gasteiger partial charge >= 0.3 is 0 Å². The molecule has 1 aromatic carbocycles. The van der Waals surface area contributed by atoms with Gasteiger partial charge in [0.2, 0.25) is 26.6 Å². The van der Waals surface area contributed by atoms with Crippen molar-refractivity contribution in [2.75, 3.05) is 18.0 Å². The van der Waals surface area contributed by atoms with E-state index in [9.17, 15) is 8.42 Å². The SMILES string of the molecule is C[C@H]1CN(c2oc(-c3cccs3)nc2S(=O)(=O)c2ccc(Cl)cc2)C[C@H](C)O1. The summed E-state index contributed by atoms with van der Waals surface area (Å²) in [6, 6.07) is 9.77. The first-order valence-corrected chi connectivity index (χ1v) is 11.5. The van der Waals surface area contributed by atoms with Gasteiger partial charge in [0.25, 0.3) is 0 Å². The van der Waals surface area contributed by atoms with E-state index < -0.39 is 9.84 Å². The van der Waals surface area contributed by atoms with Gasteiger partial charge in [-0.05, 0) is 49.6 Å². The molecule has 6 nitrogen and oxygen atoms in total. The molecule has 0 saturated carbocycles. The molecule has 148 valence electrons. The number of thiophene rings is 1. The number of rotatable bonds is 4. The van der Waals surface area contributed by atoms with E-state index in [1.807, 2.05) is 36.3 Å². The van der Waals surface area contributed by atoms with E-state index in [4.69, 9.17) is 20.8 Å². The molecule has 1 aliphatic heterocycles. The van der Waals surface area contributed by atoms with Crippen LogP contribution < -0.4 is 4.90 Å². The first kappa shape index (κ1) is 19.4. The van der Waals surface area contributed by atoms with Crippen molar-refractivity contribution in [3.63, 3.8) is 0 Å². The molecule has 0 amide bonds. The molecular weight excluding hydrogens is 420 g/mol. The maximum Gasteiger partial charge on any atom is 0.240 e. The number of hydrogen-bond donors (Lipinski definition) is 0. The summed E-state index contributed by atoms with van der Waals surface area (Å²) in [6.07, 6.45) is -0.102. The van der Waals surface area contributed by atoms with Crippen LogP contribution in [0, 0.1) is 0 Å². The average Bonchev–Trinajstić information content (AvgIpc) is 3.31. The Kier molecular flexibility index (Phi) is 5.22. The molecule has 9 heteroatoms. The Morgan fingerprint density at radius 1 is 1.14 bits per heavy atom. The second kappa shape index (κ2) is 7.51. The summed E-state index contributed by atoms with van der Waals surface area (Å²) in [5.74, 6) is 0.546. The number of oxazole rings is 1. The number of morpholine rings is 1. The third kappa shape index (κ3) is 3.69. The van der Waals surface area contributed by atoms with E-state index in [0.717, 1.165) is 4.88 Å². The Hall–Kier alpha value is -1.87. The van der Waals surface area contributed by atoms with Crippen LogP contribution in [0.5, 0.6) is 0 Å². The number of anilines is 1. The van der Waals surface area contributed by atoms with E-state index >= 15 is 0 Å². The first-order valence-electron chi connectivity index (χ1n) is 8.80. The van der Waals surface area contributed by atoms with Gasteiger partial charge in [0, 0.05) is 18.1 Å². The molecule has 2 aromatic heterocycles. The summed E-state index contributed by atoms with van der Waals surface area (Å²) in [5.41, 5.74) is 0. The second-order valence-corrected chi connectivity index (χ2v) is 9.98. The largest absolute Gasteiger partial charge is 0.418 e. The molecule has 0 unspecified atom stereocenters. The van der Waals surface area contributed by atoms with Crippen molar-refractivity contribution in [2.45, 2.75) is 36.0 Å². The number of aromatic nitrogens is 1. The van der Waals surface area contributed by atoms with Gasteiger partial charge in [-0.2, -0.15) is 4.98 Å². The minimum absolute atomic E-state index is 0.0508. The average molecular weight is 439 g/mol. The van der Waals surface area contributed by atoms with Gasteiger partial charge < -0.3 is 14.1 Å². The summed E-state index contributed by atoms with van der Waals surface area (Å²) in [4.78, 5) is 7.18. The fraction of sp³-hybridized carbons (Fsp3) is 0.316. The molecule has 0 N–H and O–H groups in total. The zero-order valence-electron chi connectivity index (χ0n) is 15.3. The van der Waals surface area contributed by atoms with E-state index in [0.29, 0.717) is 24.0 Å². The van der Waals surface area contributed by atoms with Crippen molar-refractivity contribution >= 4 is 38.7 Å². The third-order valence-corrected chi connectivity index (χ3v) is 7.17. The molecule has 0 aliphatic carbocycles. The zero-order chi connectivity index (χ0) is 19.9. The fourth-order valence-electron chi connectivity index (χ4n) is 3.25. The van der Waals surface area contributed by atoms with Gasteiger partial charge in [0.15, 0.2) is 0 Å². The van der Waals surface area contributed by atoms with Gasteiger partial charge in [0.1, 0.15) is 0 Å². The third-order valence-electron chi connectivity index (χ3n) is 4.40. The van der Waals surface area contributed by atoms with Gasteiger partial charge in [-0.1, -0.05) is 17.7 Å². The van der Waals surface area contributed by atoms with Crippen LogP contribution in [0.25, 0.3) is 10.8 Å². The van der Waals surface area contributed by atoms with E-state index in [2.05, 4.69) is 4.98 Å². The Bertz CT molecular complexity index is 1050. The Morgan fingerprint density at radius 3 is 2.43 bits per heavy atom. The van der Waals surface area contributed by atoms with Crippen molar-refractivity contribution < 1.29 is 17.6 Å². The number of nitrogens with zero attached hydrogens (tertiary/aromatic N) is 2. The lowest BCUT2D eigenvalue weighted by atomic mass is 10.2. The summed E-state index contributed by atoms with van der Waals surface area (Å²) in [5, 5.41) is 2.28. The molecule has 0 spiro atoms. The maximum atomic E-state index is 13.3.